The van der Waals surface area contributed by atoms with Gasteiger partial charge in [-0.2, -0.15) is 0 Å². The second-order valence-electron chi connectivity index (χ2n) is 2.99. The molecule has 1 aliphatic rings. The summed E-state index contributed by atoms with van der Waals surface area (Å²) in [7, 11) is 0. The van der Waals surface area contributed by atoms with Crippen LogP contribution in [0.3, 0.4) is 0 Å². The van der Waals surface area contributed by atoms with E-state index < -0.39 is 9.76 Å². The van der Waals surface area contributed by atoms with Crippen LogP contribution < -0.4 is 10.9 Å². The number of nitrogens with one attached hydrogen (secondary N) is 2. The van der Waals surface area contributed by atoms with Crippen LogP contribution in [0.1, 0.15) is 12.8 Å². The van der Waals surface area contributed by atoms with Gasteiger partial charge in [0.2, 0.25) is 3.79 Å². The quantitative estimate of drug-likeness (QED) is 0.578. The highest BCUT2D eigenvalue weighted by Crippen LogP contribution is 2.26. The molecule has 1 aliphatic heterocycles. The molecular formula is C7H11Cl3N2O2. The minimum Gasteiger partial charge on any atom is -0.460 e. The molecule has 1 fully saturated rings. The Kier molecular flexibility index (Phi) is 4.73. The van der Waals surface area contributed by atoms with Crippen LogP contribution in [-0.2, 0) is 9.53 Å². The SMILES string of the molecule is O=C(OCC(Cl)(Cl)Cl)[C@@H]1CCCNN1. The van der Waals surface area contributed by atoms with Crippen molar-refractivity contribution in [3.63, 3.8) is 0 Å². The van der Waals surface area contributed by atoms with E-state index in [1.807, 2.05) is 0 Å². The van der Waals surface area contributed by atoms with E-state index in [4.69, 9.17) is 39.5 Å². The number of esters is 1. The van der Waals surface area contributed by atoms with Gasteiger partial charge >= 0.3 is 5.97 Å². The zero-order valence-corrected chi connectivity index (χ0v) is 9.62. The first-order valence-corrected chi connectivity index (χ1v) is 5.34. The van der Waals surface area contributed by atoms with Crippen molar-refractivity contribution >= 4 is 40.8 Å². The molecule has 0 bridgehead atoms. The van der Waals surface area contributed by atoms with Gasteiger partial charge in [0, 0.05) is 6.54 Å². The lowest BCUT2D eigenvalue weighted by Gasteiger charge is -2.23. The van der Waals surface area contributed by atoms with Gasteiger partial charge in [-0.1, -0.05) is 34.8 Å². The number of hydrogen-bond donors (Lipinski definition) is 2. The summed E-state index contributed by atoms with van der Waals surface area (Å²) in [6, 6.07) is -0.351. The molecule has 14 heavy (non-hydrogen) atoms. The number of rotatable bonds is 2. The van der Waals surface area contributed by atoms with E-state index >= 15 is 0 Å². The summed E-state index contributed by atoms with van der Waals surface area (Å²) in [6.07, 6.45) is 1.65. The fraction of sp³-hybridized carbons (Fsp3) is 0.857. The Bertz CT molecular complexity index is 202. The summed E-state index contributed by atoms with van der Waals surface area (Å²) in [5, 5.41) is 0. The van der Waals surface area contributed by atoms with Crippen molar-refractivity contribution < 1.29 is 9.53 Å². The molecule has 4 nitrogen and oxygen atoms in total. The monoisotopic (exact) mass is 260 g/mol. The largest absolute Gasteiger partial charge is 0.460 e. The molecule has 0 saturated carbocycles. The summed E-state index contributed by atoms with van der Waals surface area (Å²) < 4.78 is 3.26. The van der Waals surface area contributed by atoms with Gasteiger partial charge in [-0.3, -0.25) is 10.2 Å². The molecule has 7 heteroatoms. The number of hydrazine groups is 1. The van der Waals surface area contributed by atoms with Crippen LogP contribution in [-0.4, -0.2) is 29.0 Å². The molecule has 1 heterocycles. The van der Waals surface area contributed by atoms with Crippen LogP contribution in [0, 0.1) is 0 Å². The third-order valence-corrected chi connectivity index (χ3v) is 2.06. The smallest absolute Gasteiger partial charge is 0.324 e. The predicted octanol–water partition coefficient (Wildman–Crippen LogP) is 1.16. The lowest BCUT2D eigenvalue weighted by atomic mass is 10.1. The van der Waals surface area contributed by atoms with Gasteiger partial charge in [-0.15, -0.1) is 0 Å². The van der Waals surface area contributed by atoms with Crippen molar-refractivity contribution in [1.82, 2.24) is 10.9 Å². The van der Waals surface area contributed by atoms with E-state index in [0.29, 0.717) is 0 Å². The van der Waals surface area contributed by atoms with Crippen LogP contribution >= 0.6 is 34.8 Å². The van der Waals surface area contributed by atoms with Gasteiger partial charge in [0.15, 0.2) is 0 Å². The molecule has 0 amide bonds. The second kappa shape index (κ2) is 5.37. The Morgan fingerprint density at radius 3 is 2.71 bits per heavy atom. The Hall–Kier alpha value is 0.260. The Balaban J connectivity index is 2.27. The van der Waals surface area contributed by atoms with Crippen molar-refractivity contribution in [1.29, 1.82) is 0 Å². The van der Waals surface area contributed by atoms with Crippen molar-refractivity contribution in [3.05, 3.63) is 0 Å². The first kappa shape index (κ1) is 12.3. The molecule has 0 unspecified atom stereocenters. The first-order chi connectivity index (χ1) is 6.49. The molecule has 1 atom stereocenters. The maximum Gasteiger partial charge on any atom is 0.324 e. The third-order valence-electron chi connectivity index (χ3n) is 1.73. The minimum absolute atomic E-state index is 0.227. The Morgan fingerprint density at radius 2 is 2.21 bits per heavy atom. The lowest BCUT2D eigenvalue weighted by Crippen LogP contribution is -2.50. The van der Waals surface area contributed by atoms with Crippen LogP contribution in [0.25, 0.3) is 0 Å². The number of ether oxygens (including phenoxy) is 1. The van der Waals surface area contributed by atoms with Gasteiger partial charge < -0.3 is 4.74 Å². The summed E-state index contributed by atoms with van der Waals surface area (Å²) in [5.41, 5.74) is 5.66. The van der Waals surface area contributed by atoms with Crippen LogP contribution in [0.4, 0.5) is 0 Å². The van der Waals surface area contributed by atoms with Crippen LogP contribution in [0.5, 0.6) is 0 Å². The Morgan fingerprint density at radius 1 is 1.50 bits per heavy atom. The number of carbonyl (C=O) groups excluding carboxylic acids is 1. The highest BCUT2D eigenvalue weighted by atomic mass is 35.6. The van der Waals surface area contributed by atoms with E-state index in [0.717, 1.165) is 19.4 Å². The number of hydrogen-bond acceptors (Lipinski definition) is 4. The van der Waals surface area contributed by atoms with E-state index in [1.54, 1.807) is 0 Å². The van der Waals surface area contributed by atoms with Gasteiger partial charge in [-0.25, -0.2) is 5.43 Å². The molecule has 0 aromatic heterocycles. The molecule has 0 radical (unpaired) electrons. The number of alkyl halides is 3. The summed E-state index contributed by atoms with van der Waals surface area (Å²) in [4.78, 5) is 11.3. The maximum absolute atomic E-state index is 11.3. The van der Waals surface area contributed by atoms with Crippen molar-refractivity contribution in [3.8, 4) is 0 Å². The van der Waals surface area contributed by atoms with Crippen molar-refractivity contribution in [2.24, 2.45) is 0 Å². The van der Waals surface area contributed by atoms with E-state index in [9.17, 15) is 4.79 Å². The van der Waals surface area contributed by atoms with Gasteiger partial charge in [0.1, 0.15) is 12.6 Å². The molecule has 2 N–H and O–H groups in total. The standard InChI is InChI=1S/C7H11Cl3N2O2/c8-7(9,10)4-14-6(13)5-2-1-3-11-12-5/h5,11-12H,1-4H2/t5-/m0/s1. The van der Waals surface area contributed by atoms with E-state index in [-0.39, 0.29) is 12.6 Å². The van der Waals surface area contributed by atoms with Crippen molar-refractivity contribution in [2.45, 2.75) is 22.7 Å². The summed E-state index contributed by atoms with van der Waals surface area (Å²) in [6.45, 7) is 0.614. The molecule has 1 rings (SSSR count). The summed E-state index contributed by atoms with van der Waals surface area (Å²) in [5.74, 6) is -0.400. The predicted molar refractivity (Wildman–Crippen MR) is 55.4 cm³/mol. The summed E-state index contributed by atoms with van der Waals surface area (Å²) >= 11 is 16.3. The zero-order valence-electron chi connectivity index (χ0n) is 7.36. The van der Waals surface area contributed by atoms with Crippen molar-refractivity contribution in [2.75, 3.05) is 13.2 Å². The zero-order chi connectivity index (χ0) is 10.6. The number of carbonyl (C=O) groups is 1. The molecule has 82 valence electrons. The number of halogens is 3. The van der Waals surface area contributed by atoms with E-state index in [2.05, 4.69) is 10.9 Å². The average Bonchev–Trinajstić information content (AvgIpc) is 2.14. The maximum atomic E-state index is 11.3. The van der Waals surface area contributed by atoms with Crippen LogP contribution in [0.15, 0.2) is 0 Å². The van der Waals surface area contributed by atoms with E-state index in [1.165, 1.54) is 0 Å². The molecule has 0 spiro atoms. The lowest BCUT2D eigenvalue weighted by molar-refractivity contribution is -0.147. The molecule has 0 aromatic carbocycles. The highest BCUT2D eigenvalue weighted by molar-refractivity contribution is 6.67. The van der Waals surface area contributed by atoms with Gasteiger partial charge in [-0.05, 0) is 12.8 Å². The molecule has 1 saturated heterocycles. The first-order valence-electron chi connectivity index (χ1n) is 4.21. The van der Waals surface area contributed by atoms with Crippen LogP contribution in [0.2, 0.25) is 0 Å². The highest BCUT2D eigenvalue weighted by Gasteiger charge is 2.26. The molecule has 0 aliphatic carbocycles. The van der Waals surface area contributed by atoms with Gasteiger partial charge in [0.25, 0.3) is 0 Å². The average molecular weight is 262 g/mol. The molecule has 0 aromatic rings. The fourth-order valence-electron chi connectivity index (χ4n) is 1.09. The fourth-order valence-corrected chi connectivity index (χ4v) is 1.26. The normalized spacial score (nSPS) is 23.2. The molecular weight excluding hydrogens is 250 g/mol. The third kappa shape index (κ3) is 4.66. The second-order valence-corrected chi connectivity index (χ2v) is 5.50. The topological polar surface area (TPSA) is 50.4 Å². The van der Waals surface area contributed by atoms with Gasteiger partial charge in [0.05, 0.1) is 0 Å². The Labute approximate surface area is 97.2 Å². The minimum atomic E-state index is -1.54.